The van der Waals surface area contributed by atoms with Gasteiger partial charge in [0.2, 0.25) is 21.8 Å². The number of rotatable bonds is 17. The van der Waals surface area contributed by atoms with Gasteiger partial charge in [-0.1, -0.05) is 30.3 Å². The molecule has 0 spiro atoms. The summed E-state index contributed by atoms with van der Waals surface area (Å²) in [5.41, 5.74) is 21.7. The van der Waals surface area contributed by atoms with E-state index in [1.54, 1.807) is 30.3 Å². The normalized spacial score (nSPS) is 12.6. The maximum Gasteiger partial charge on any atom is 0.240 e. The molecule has 2 amide bonds. The minimum absolute atomic E-state index is 0.0703. The number of nitrogens with one attached hydrogen (secondary N) is 2. The lowest BCUT2D eigenvalue weighted by Gasteiger charge is -2.25. The number of sulfonamides is 1. The van der Waals surface area contributed by atoms with Crippen molar-refractivity contribution in [2.45, 2.75) is 43.5 Å². The molecular weight excluding hydrogens is 502 g/mol. The second-order valence-electron chi connectivity index (χ2n) is 8.32. The number of guanidine groups is 2. The van der Waals surface area contributed by atoms with Crippen LogP contribution in [0.5, 0.6) is 0 Å². The van der Waals surface area contributed by atoms with Gasteiger partial charge in [-0.15, -0.1) is 0 Å². The van der Waals surface area contributed by atoms with Crippen molar-refractivity contribution in [2.75, 3.05) is 26.7 Å². The highest BCUT2D eigenvalue weighted by Crippen LogP contribution is 2.09. The summed E-state index contributed by atoms with van der Waals surface area (Å²) in [7, 11) is -2.53. The minimum Gasteiger partial charge on any atom is -0.370 e. The molecule has 14 nitrogen and oxygen atoms in total. The van der Waals surface area contributed by atoms with Crippen molar-refractivity contribution in [3.8, 4) is 0 Å². The van der Waals surface area contributed by atoms with E-state index in [0.29, 0.717) is 37.7 Å². The Morgan fingerprint density at radius 3 is 2.11 bits per heavy atom. The van der Waals surface area contributed by atoms with E-state index >= 15 is 0 Å². The lowest BCUT2D eigenvalue weighted by atomic mass is 10.1. The van der Waals surface area contributed by atoms with E-state index in [1.807, 2.05) is 0 Å². The monoisotopic (exact) mass is 539 g/mol. The van der Waals surface area contributed by atoms with Gasteiger partial charge in [0.25, 0.3) is 0 Å². The Kier molecular flexibility index (Phi) is 13.6. The van der Waals surface area contributed by atoms with Gasteiger partial charge in [-0.2, -0.15) is 0 Å². The van der Waals surface area contributed by atoms with Gasteiger partial charge in [0, 0.05) is 20.1 Å². The zero-order chi connectivity index (χ0) is 27.8. The van der Waals surface area contributed by atoms with Crippen LogP contribution in [0.15, 0.2) is 40.3 Å². The first-order valence-electron chi connectivity index (χ1n) is 11.6. The number of aliphatic imine (C=N–C) groups is 2. The fourth-order valence-corrected chi connectivity index (χ4v) is 4.66. The molecule has 0 fully saturated rings. The molecule has 0 saturated heterocycles. The van der Waals surface area contributed by atoms with Gasteiger partial charge < -0.3 is 37.9 Å². The van der Waals surface area contributed by atoms with Crippen LogP contribution >= 0.6 is 0 Å². The summed E-state index contributed by atoms with van der Waals surface area (Å²) in [5.74, 6) is -1.71. The number of amides is 2. The quantitative estimate of drug-likeness (QED) is 0.0540. The molecule has 0 bridgehead atoms. The third-order valence-corrected chi connectivity index (χ3v) is 6.36. The standard InChI is InChI=1S/C22H37N9O5S/c1-31(13-19(33)29-17(14-32)9-5-11-27-21(23)24)20(34)18(10-6-12-28-22(25)26)30-37(35,36)15-16-7-3-2-4-8-16/h2-4,7-8,14,17-18,30H,5-6,9-13,15H2,1H3,(H,29,33)(H4,23,24,27)(H4,25,26,28)/t17?,18-/m0/s1. The van der Waals surface area contributed by atoms with Crippen molar-refractivity contribution in [1.82, 2.24) is 14.9 Å². The molecule has 206 valence electrons. The Morgan fingerprint density at radius 1 is 1.00 bits per heavy atom. The molecule has 15 heteroatoms. The molecule has 1 unspecified atom stereocenters. The molecule has 37 heavy (non-hydrogen) atoms. The summed E-state index contributed by atoms with van der Waals surface area (Å²) in [6.07, 6.45) is 1.75. The highest BCUT2D eigenvalue weighted by Gasteiger charge is 2.28. The number of carbonyl (C=O) groups is 3. The molecule has 2 atom stereocenters. The SMILES string of the molecule is CN(CC(=O)NC(C=O)CCCN=C(N)N)C(=O)[C@H](CCCN=C(N)N)NS(=O)(=O)Cc1ccccc1. The number of nitrogens with two attached hydrogens (primary N) is 4. The average molecular weight is 540 g/mol. The summed E-state index contributed by atoms with van der Waals surface area (Å²) < 4.78 is 27.9. The van der Waals surface area contributed by atoms with Crippen LogP contribution < -0.4 is 33.0 Å². The minimum atomic E-state index is -3.89. The molecule has 0 aliphatic heterocycles. The zero-order valence-electron chi connectivity index (χ0n) is 20.9. The van der Waals surface area contributed by atoms with Gasteiger partial charge >= 0.3 is 0 Å². The molecule has 0 heterocycles. The Bertz CT molecular complexity index is 1040. The average Bonchev–Trinajstić information content (AvgIpc) is 2.82. The van der Waals surface area contributed by atoms with Crippen molar-refractivity contribution >= 4 is 40.0 Å². The van der Waals surface area contributed by atoms with Gasteiger partial charge in [-0.3, -0.25) is 19.6 Å². The van der Waals surface area contributed by atoms with E-state index < -0.39 is 33.9 Å². The molecule has 0 aliphatic rings. The predicted octanol–water partition coefficient (Wildman–Crippen LogP) is -2.28. The van der Waals surface area contributed by atoms with Crippen LogP contribution in [0, 0.1) is 0 Å². The molecule has 10 N–H and O–H groups in total. The zero-order valence-corrected chi connectivity index (χ0v) is 21.7. The third-order valence-electron chi connectivity index (χ3n) is 5.00. The van der Waals surface area contributed by atoms with E-state index in [9.17, 15) is 22.8 Å². The molecule has 0 aliphatic carbocycles. The van der Waals surface area contributed by atoms with Crippen LogP contribution in [0.25, 0.3) is 0 Å². The topological polar surface area (TPSA) is 241 Å². The second-order valence-corrected chi connectivity index (χ2v) is 10.1. The summed E-state index contributed by atoms with van der Waals surface area (Å²) in [6.45, 7) is 0.102. The van der Waals surface area contributed by atoms with Crippen molar-refractivity contribution < 1.29 is 22.8 Å². The second kappa shape index (κ2) is 16.1. The van der Waals surface area contributed by atoms with Crippen molar-refractivity contribution in [3.63, 3.8) is 0 Å². The van der Waals surface area contributed by atoms with Crippen LogP contribution in [0.3, 0.4) is 0 Å². The largest absolute Gasteiger partial charge is 0.370 e. The number of aldehydes is 1. The molecule has 0 aromatic heterocycles. The molecule has 1 aromatic rings. The highest BCUT2D eigenvalue weighted by atomic mass is 32.2. The van der Waals surface area contributed by atoms with Gasteiger partial charge in [0.05, 0.1) is 18.3 Å². The predicted molar refractivity (Wildman–Crippen MR) is 141 cm³/mol. The van der Waals surface area contributed by atoms with Gasteiger partial charge in [0.15, 0.2) is 11.9 Å². The summed E-state index contributed by atoms with van der Waals surface area (Å²) in [6, 6.07) is 6.56. The number of hydrogen-bond acceptors (Lipinski definition) is 7. The van der Waals surface area contributed by atoms with Crippen LogP contribution in [0.1, 0.15) is 31.2 Å². The Balaban J connectivity index is 2.81. The first-order chi connectivity index (χ1) is 17.4. The van der Waals surface area contributed by atoms with Crippen molar-refractivity contribution in [2.24, 2.45) is 32.9 Å². The maximum absolute atomic E-state index is 13.1. The molecule has 1 rings (SSSR count). The van der Waals surface area contributed by atoms with Gasteiger partial charge in [-0.05, 0) is 31.2 Å². The smallest absolute Gasteiger partial charge is 0.240 e. The van der Waals surface area contributed by atoms with Crippen molar-refractivity contribution in [3.05, 3.63) is 35.9 Å². The lowest BCUT2D eigenvalue weighted by Crippen LogP contribution is -2.50. The Labute approximate surface area is 217 Å². The first kappa shape index (κ1) is 31.3. The molecule has 0 saturated carbocycles. The fraction of sp³-hybridized carbons (Fsp3) is 0.500. The van der Waals surface area contributed by atoms with E-state index in [2.05, 4.69) is 20.0 Å². The van der Waals surface area contributed by atoms with Gasteiger partial charge in [-0.25, -0.2) is 13.1 Å². The van der Waals surface area contributed by atoms with Crippen LogP contribution in [-0.2, 0) is 30.2 Å². The third kappa shape index (κ3) is 13.8. The number of carbonyl (C=O) groups excluding carboxylic acids is 3. The lowest BCUT2D eigenvalue weighted by molar-refractivity contribution is -0.136. The van der Waals surface area contributed by atoms with Crippen LogP contribution in [-0.4, -0.2) is 82.1 Å². The van der Waals surface area contributed by atoms with Gasteiger partial charge in [0.1, 0.15) is 12.3 Å². The summed E-state index contributed by atoms with van der Waals surface area (Å²) in [4.78, 5) is 45.6. The van der Waals surface area contributed by atoms with E-state index in [-0.39, 0.29) is 37.2 Å². The van der Waals surface area contributed by atoms with Crippen LogP contribution in [0.2, 0.25) is 0 Å². The van der Waals surface area contributed by atoms with E-state index in [1.165, 1.54) is 7.05 Å². The van der Waals surface area contributed by atoms with E-state index in [0.717, 1.165) is 4.90 Å². The maximum atomic E-state index is 13.1. The summed E-state index contributed by atoms with van der Waals surface area (Å²) >= 11 is 0. The summed E-state index contributed by atoms with van der Waals surface area (Å²) in [5, 5.41) is 2.53. The number of likely N-dealkylation sites (N-methyl/N-ethyl adjacent to an activating group) is 1. The number of benzene rings is 1. The molecule has 0 radical (unpaired) electrons. The highest BCUT2D eigenvalue weighted by molar-refractivity contribution is 7.88. The first-order valence-corrected chi connectivity index (χ1v) is 13.2. The Hall–Kier alpha value is -3.72. The van der Waals surface area contributed by atoms with Crippen molar-refractivity contribution in [1.29, 1.82) is 0 Å². The molecular formula is C22H37N9O5S. The Morgan fingerprint density at radius 2 is 1.57 bits per heavy atom. The van der Waals surface area contributed by atoms with Crippen LogP contribution in [0.4, 0.5) is 0 Å². The molecule has 1 aromatic carbocycles. The fourth-order valence-electron chi connectivity index (χ4n) is 3.29. The number of nitrogens with zero attached hydrogens (tertiary/aromatic N) is 3. The number of hydrogen-bond donors (Lipinski definition) is 6. The van der Waals surface area contributed by atoms with E-state index in [4.69, 9.17) is 22.9 Å².